The number of aliphatic hydroxyl groups excluding tert-OH is 2. The molecule has 1 rings (SSSR count). The molecule has 11 nitrogen and oxygen atoms in total. The summed E-state index contributed by atoms with van der Waals surface area (Å²) in [6.45, 7) is 5.93. The molecule has 0 aliphatic heterocycles. The van der Waals surface area contributed by atoms with E-state index in [-0.39, 0.29) is 12.3 Å². The van der Waals surface area contributed by atoms with Crippen LogP contribution >= 0.6 is 0 Å². The number of hydrogen-bond donors (Lipinski definition) is 7. The maximum Gasteiger partial charge on any atom is 0.328 e. The second-order valence-corrected chi connectivity index (χ2v) is 8.31. The third-order valence-corrected chi connectivity index (χ3v) is 5.05. The van der Waals surface area contributed by atoms with Crippen LogP contribution in [0.3, 0.4) is 0 Å². The largest absolute Gasteiger partial charge is 0.480 e. The third-order valence-electron chi connectivity index (χ3n) is 5.05. The molecule has 1 aromatic rings. The number of benzene rings is 1. The molecule has 0 saturated heterocycles. The Morgan fingerprint density at radius 2 is 1.33 bits per heavy atom. The zero-order chi connectivity index (χ0) is 25.3. The highest BCUT2D eigenvalue weighted by molar-refractivity contribution is 5.94. The molecule has 0 aliphatic carbocycles. The van der Waals surface area contributed by atoms with E-state index in [0.717, 1.165) is 5.56 Å². The van der Waals surface area contributed by atoms with E-state index in [1.54, 1.807) is 44.2 Å². The predicted octanol–water partition coefficient (Wildman–Crippen LogP) is -1.49. The Balaban J connectivity index is 3.08. The minimum atomic E-state index is -1.64. The minimum Gasteiger partial charge on any atom is -0.480 e. The quantitative estimate of drug-likeness (QED) is 0.194. The van der Waals surface area contributed by atoms with Gasteiger partial charge in [-0.05, 0) is 25.3 Å². The monoisotopic (exact) mass is 466 g/mol. The fourth-order valence-electron chi connectivity index (χ4n) is 2.92. The van der Waals surface area contributed by atoms with Crippen LogP contribution < -0.4 is 21.7 Å². The first-order valence-electron chi connectivity index (χ1n) is 10.6. The number of aliphatic carboxylic acids is 1. The molecule has 6 atom stereocenters. The summed E-state index contributed by atoms with van der Waals surface area (Å²) in [4.78, 5) is 49.4. The summed E-state index contributed by atoms with van der Waals surface area (Å²) in [5.74, 6) is -4.00. The van der Waals surface area contributed by atoms with Crippen molar-refractivity contribution in [2.75, 3.05) is 0 Å². The van der Waals surface area contributed by atoms with Crippen LogP contribution in [0.2, 0.25) is 0 Å². The summed E-state index contributed by atoms with van der Waals surface area (Å²) >= 11 is 0. The summed E-state index contributed by atoms with van der Waals surface area (Å²) in [5.41, 5.74) is 6.61. The molecule has 184 valence electrons. The Hall–Kier alpha value is -3.02. The summed E-state index contributed by atoms with van der Waals surface area (Å²) in [7, 11) is 0. The number of carboxylic acids is 1. The molecular formula is C22H34N4O7. The molecular weight excluding hydrogens is 432 g/mol. The van der Waals surface area contributed by atoms with Crippen molar-refractivity contribution in [3.8, 4) is 0 Å². The van der Waals surface area contributed by atoms with Crippen molar-refractivity contribution >= 4 is 23.7 Å². The van der Waals surface area contributed by atoms with Crippen LogP contribution in [0.25, 0.3) is 0 Å². The number of nitrogens with two attached hydrogens (primary N) is 1. The zero-order valence-corrected chi connectivity index (χ0v) is 19.2. The summed E-state index contributed by atoms with van der Waals surface area (Å²) in [5, 5.41) is 35.8. The standard InChI is InChI=1S/C22H34N4O7/c1-11(2)16(23)20(30)24-15(10-14-8-6-5-7-9-14)19(29)25-17(12(3)27)21(31)26-18(13(4)28)22(32)33/h5-9,11-13,15-18,27-28H,10,23H2,1-4H3,(H,24,30)(H,25,29)(H,26,31)(H,32,33). The molecule has 8 N–H and O–H groups in total. The number of amides is 3. The Kier molecular flexibility index (Phi) is 10.9. The highest BCUT2D eigenvalue weighted by Crippen LogP contribution is 2.07. The van der Waals surface area contributed by atoms with Crippen molar-refractivity contribution in [2.45, 2.75) is 70.5 Å². The second-order valence-electron chi connectivity index (χ2n) is 8.31. The van der Waals surface area contributed by atoms with E-state index in [9.17, 15) is 29.4 Å². The minimum absolute atomic E-state index is 0.0861. The van der Waals surface area contributed by atoms with Gasteiger partial charge in [-0.3, -0.25) is 14.4 Å². The van der Waals surface area contributed by atoms with Crippen molar-refractivity contribution in [1.82, 2.24) is 16.0 Å². The molecule has 11 heteroatoms. The molecule has 0 radical (unpaired) electrons. The highest BCUT2D eigenvalue weighted by atomic mass is 16.4. The topological polar surface area (TPSA) is 191 Å². The van der Waals surface area contributed by atoms with E-state index in [1.165, 1.54) is 13.8 Å². The number of aliphatic hydroxyl groups is 2. The van der Waals surface area contributed by atoms with Gasteiger partial charge in [-0.2, -0.15) is 0 Å². The molecule has 0 heterocycles. The van der Waals surface area contributed by atoms with E-state index < -0.39 is 60.1 Å². The maximum absolute atomic E-state index is 13.0. The molecule has 6 unspecified atom stereocenters. The van der Waals surface area contributed by atoms with Crippen LogP contribution in [0.1, 0.15) is 33.3 Å². The molecule has 3 amide bonds. The van der Waals surface area contributed by atoms with Crippen LogP contribution in [-0.4, -0.2) is 75.4 Å². The SMILES string of the molecule is CC(C)C(N)C(=O)NC(Cc1ccccc1)C(=O)NC(C(=O)NC(C(=O)O)C(C)O)C(C)O. The average Bonchev–Trinajstić information content (AvgIpc) is 2.74. The summed E-state index contributed by atoms with van der Waals surface area (Å²) < 4.78 is 0. The van der Waals surface area contributed by atoms with Gasteiger partial charge in [-0.25, -0.2) is 4.79 Å². The summed E-state index contributed by atoms with van der Waals surface area (Å²) in [6.07, 6.45) is -2.73. The van der Waals surface area contributed by atoms with Crippen molar-refractivity contribution in [1.29, 1.82) is 0 Å². The van der Waals surface area contributed by atoms with Crippen LogP contribution in [0, 0.1) is 5.92 Å². The van der Waals surface area contributed by atoms with Crippen LogP contribution in [0.5, 0.6) is 0 Å². The molecule has 0 aliphatic rings. The second kappa shape index (κ2) is 12.9. The average molecular weight is 467 g/mol. The fraction of sp³-hybridized carbons (Fsp3) is 0.545. The Labute approximate surface area is 192 Å². The number of hydrogen-bond acceptors (Lipinski definition) is 7. The van der Waals surface area contributed by atoms with E-state index in [2.05, 4.69) is 16.0 Å². The normalized spacial score (nSPS) is 16.6. The van der Waals surface area contributed by atoms with Gasteiger partial charge < -0.3 is 37.0 Å². The van der Waals surface area contributed by atoms with Gasteiger partial charge in [0.1, 0.15) is 12.1 Å². The number of carbonyl (C=O) groups excluding carboxylic acids is 3. The maximum atomic E-state index is 13.0. The van der Waals surface area contributed by atoms with Crippen molar-refractivity contribution in [3.63, 3.8) is 0 Å². The Morgan fingerprint density at radius 3 is 1.79 bits per heavy atom. The van der Waals surface area contributed by atoms with Crippen molar-refractivity contribution in [3.05, 3.63) is 35.9 Å². The highest BCUT2D eigenvalue weighted by Gasteiger charge is 2.34. The number of carbonyl (C=O) groups is 4. The van der Waals surface area contributed by atoms with E-state index >= 15 is 0 Å². The molecule has 0 bridgehead atoms. The van der Waals surface area contributed by atoms with Crippen LogP contribution in [0.4, 0.5) is 0 Å². The lowest BCUT2D eigenvalue weighted by Crippen LogP contribution is -2.61. The molecule has 0 fully saturated rings. The Morgan fingerprint density at radius 1 is 0.818 bits per heavy atom. The first-order chi connectivity index (χ1) is 15.3. The van der Waals surface area contributed by atoms with E-state index in [0.29, 0.717) is 0 Å². The van der Waals surface area contributed by atoms with Gasteiger partial charge in [0.25, 0.3) is 0 Å². The van der Waals surface area contributed by atoms with Gasteiger partial charge in [0.15, 0.2) is 6.04 Å². The van der Waals surface area contributed by atoms with Crippen LogP contribution in [0.15, 0.2) is 30.3 Å². The lowest BCUT2D eigenvalue weighted by molar-refractivity contribution is -0.146. The van der Waals surface area contributed by atoms with Gasteiger partial charge in [0.05, 0.1) is 18.2 Å². The zero-order valence-electron chi connectivity index (χ0n) is 19.2. The van der Waals surface area contributed by atoms with E-state index in [4.69, 9.17) is 10.8 Å². The molecule has 0 aromatic heterocycles. The van der Waals surface area contributed by atoms with Crippen molar-refractivity contribution < 1.29 is 34.5 Å². The van der Waals surface area contributed by atoms with Gasteiger partial charge in [0, 0.05) is 6.42 Å². The first-order valence-corrected chi connectivity index (χ1v) is 10.6. The first kappa shape index (κ1) is 28.0. The van der Waals surface area contributed by atoms with E-state index in [1.807, 2.05) is 0 Å². The van der Waals surface area contributed by atoms with Gasteiger partial charge in [0.2, 0.25) is 17.7 Å². The van der Waals surface area contributed by atoms with Crippen LogP contribution in [-0.2, 0) is 25.6 Å². The molecule has 0 saturated carbocycles. The van der Waals surface area contributed by atoms with Gasteiger partial charge in [-0.1, -0.05) is 44.2 Å². The van der Waals surface area contributed by atoms with Gasteiger partial charge in [-0.15, -0.1) is 0 Å². The van der Waals surface area contributed by atoms with Gasteiger partial charge >= 0.3 is 5.97 Å². The number of nitrogens with one attached hydrogen (secondary N) is 3. The lowest BCUT2D eigenvalue weighted by Gasteiger charge is -2.27. The molecule has 1 aromatic carbocycles. The molecule has 0 spiro atoms. The Bertz CT molecular complexity index is 814. The smallest absolute Gasteiger partial charge is 0.328 e. The third kappa shape index (κ3) is 8.79. The summed E-state index contributed by atoms with van der Waals surface area (Å²) in [6, 6.07) is 3.68. The number of carboxylic acid groups (broad SMARTS) is 1. The number of rotatable bonds is 12. The fourth-order valence-corrected chi connectivity index (χ4v) is 2.92. The predicted molar refractivity (Wildman–Crippen MR) is 120 cm³/mol. The lowest BCUT2D eigenvalue weighted by atomic mass is 10.0. The van der Waals surface area contributed by atoms with Crippen molar-refractivity contribution in [2.24, 2.45) is 11.7 Å². The molecule has 33 heavy (non-hydrogen) atoms.